The van der Waals surface area contributed by atoms with Crippen LogP contribution < -0.4 is 0 Å². The van der Waals surface area contributed by atoms with Gasteiger partial charge in [-0.1, -0.05) is 42.5 Å². The largest absolute Gasteiger partial charge is 0.207 e. The van der Waals surface area contributed by atoms with Crippen LogP contribution in [0.15, 0.2) is 60.7 Å². The van der Waals surface area contributed by atoms with Crippen molar-refractivity contribution in [2.24, 2.45) is 0 Å². The normalized spacial score (nSPS) is 10.8. The zero-order chi connectivity index (χ0) is 12.5. The van der Waals surface area contributed by atoms with E-state index in [9.17, 15) is 8.78 Å². The summed E-state index contributed by atoms with van der Waals surface area (Å²) in [6.07, 6.45) is 0. The van der Waals surface area contributed by atoms with Gasteiger partial charge in [0, 0.05) is 11.6 Å². The van der Waals surface area contributed by atoms with E-state index in [0.717, 1.165) is 22.4 Å². The van der Waals surface area contributed by atoms with Crippen LogP contribution in [0, 0.1) is 11.6 Å². The Labute approximate surface area is 104 Å². The van der Waals surface area contributed by atoms with E-state index in [0.29, 0.717) is 5.56 Å². The number of hydrogen-bond acceptors (Lipinski definition) is 0. The Bertz CT molecular complexity index is 712. The first-order valence-corrected chi connectivity index (χ1v) is 5.69. The fourth-order valence-corrected chi connectivity index (χ4v) is 2.17. The van der Waals surface area contributed by atoms with Crippen molar-refractivity contribution < 1.29 is 8.78 Å². The second-order valence-corrected chi connectivity index (χ2v) is 4.15. The summed E-state index contributed by atoms with van der Waals surface area (Å²) < 4.78 is 26.8. The first kappa shape index (κ1) is 10.9. The van der Waals surface area contributed by atoms with Crippen molar-refractivity contribution in [1.29, 1.82) is 0 Å². The summed E-state index contributed by atoms with van der Waals surface area (Å²) in [4.78, 5) is 0. The van der Waals surface area contributed by atoms with Crippen LogP contribution in [0.5, 0.6) is 0 Å². The molecule has 0 unspecified atom stereocenters. The molecule has 0 spiro atoms. The summed E-state index contributed by atoms with van der Waals surface area (Å²) >= 11 is 0. The molecule has 0 N–H and O–H groups in total. The summed E-state index contributed by atoms with van der Waals surface area (Å²) in [5.41, 5.74) is 1.21. The van der Waals surface area contributed by atoms with Crippen LogP contribution in [-0.2, 0) is 0 Å². The fraction of sp³-hybridized carbons (Fsp3) is 0. The Balaban J connectivity index is 2.31. The van der Waals surface area contributed by atoms with Crippen molar-refractivity contribution in [1.82, 2.24) is 0 Å². The zero-order valence-corrected chi connectivity index (χ0v) is 9.53. The standard InChI is InChI=1S/C16H10F2/c17-12-8-9-15(16(18)10-12)14-7-3-5-11-4-1-2-6-13(11)14/h1-10H. The molecule has 0 atom stereocenters. The summed E-state index contributed by atoms with van der Waals surface area (Å²) in [5, 5.41) is 2.00. The first-order valence-electron chi connectivity index (χ1n) is 5.69. The molecular weight excluding hydrogens is 230 g/mol. The van der Waals surface area contributed by atoms with Crippen molar-refractivity contribution in [3.05, 3.63) is 72.3 Å². The first-order chi connectivity index (χ1) is 8.75. The zero-order valence-electron chi connectivity index (χ0n) is 9.53. The average Bonchev–Trinajstić information content (AvgIpc) is 2.38. The quantitative estimate of drug-likeness (QED) is 0.574. The highest BCUT2D eigenvalue weighted by Gasteiger charge is 2.09. The fourth-order valence-electron chi connectivity index (χ4n) is 2.17. The van der Waals surface area contributed by atoms with Crippen molar-refractivity contribution in [2.75, 3.05) is 0 Å². The second-order valence-electron chi connectivity index (χ2n) is 4.15. The summed E-state index contributed by atoms with van der Waals surface area (Å²) in [5.74, 6) is -1.09. The van der Waals surface area contributed by atoms with Gasteiger partial charge in [0.05, 0.1) is 0 Å². The maximum absolute atomic E-state index is 13.8. The SMILES string of the molecule is Fc1ccc(-c2cccc3ccccc23)c(F)c1. The van der Waals surface area contributed by atoms with E-state index in [4.69, 9.17) is 0 Å². The molecule has 0 saturated carbocycles. The molecule has 0 heterocycles. The molecule has 0 aliphatic carbocycles. The van der Waals surface area contributed by atoms with Gasteiger partial charge < -0.3 is 0 Å². The van der Waals surface area contributed by atoms with Crippen LogP contribution in [0.2, 0.25) is 0 Å². The van der Waals surface area contributed by atoms with E-state index in [2.05, 4.69) is 0 Å². The molecule has 18 heavy (non-hydrogen) atoms. The predicted octanol–water partition coefficient (Wildman–Crippen LogP) is 4.79. The topological polar surface area (TPSA) is 0 Å². The van der Waals surface area contributed by atoms with Gasteiger partial charge in [0.2, 0.25) is 0 Å². The highest BCUT2D eigenvalue weighted by molar-refractivity contribution is 5.96. The monoisotopic (exact) mass is 240 g/mol. The molecule has 0 amide bonds. The molecule has 0 fully saturated rings. The van der Waals surface area contributed by atoms with Crippen LogP contribution in [0.4, 0.5) is 8.78 Å². The maximum atomic E-state index is 13.8. The highest BCUT2D eigenvalue weighted by Crippen LogP contribution is 2.30. The van der Waals surface area contributed by atoms with Gasteiger partial charge in [0.1, 0.15) is 11.6 Å². The molecule has 3 rings (SSSR count). The van der Waals surface area contributed by atoms with Crippen molar-refractivity contribution in [2.45, 2.75) is 0 Å². The molecule has 88 valence electrons. The Morgan fingerprint density at radius 2 is 1.44 bits per heavy atom. The molecule has 0 radical (unpaired) electrons. The molecule has 0 aliphatic rings. The van der Waals surface area contributed by atoms with Gasteiger partial charge in [-0.2, -0.15) is 0 Å². The molecule has 3 aromatic rings. The van der Waals surface area contributed by atoms with E-state index in [1.54, 1.807) is 0 Å². The number of fused-ring (bicyclic) bond motifs is 1. The molecule has 0 nitrogen and oxygen atoms in total. The Morgan fingerprint density at radius 3 is 2.28 bits per heavy atom. The third-order valence-corrected chi connectivity index (χ3v) is 3.01. The summed E-state index contributed by atoms with van der Waals surface area (Å²) in [6.45, 7) is 0. The van der Waals surface area contributed by atoms with Crippen molar-refractivity contribution in [3.63, 3.8) is 0 Å². The van der Waals surface area contributed by atoms with Crippen LogP contribution in [0.25, 0.3) is 21.9 Å². The Kier molecular flexibility index (Phi) is 2.56. The van der Waals surface area contributed by atoms with Gasteiger partial charge in [-0.25, -0.2) is 8.78 Å². The third kappa shape index (κ3) is 1.76. The smallest absolute Gasteiger partial charge is 0.133 e. The maximum Gasteiger partial charge on any atom is 0.133 e. The van der Waals surface area contributed by atoms with Crippen LogP contribution in [-0.4, -0.2) is 0 Å². The number of halogens is 2. The lowest BCUT2D eigenvalue weighted by atomic mass is 9.98. The lowest BCUT2D eigenvalue weighted by Crippen LogP contribution is -1.87. The molecule has 0 bridgehead atoms. The van der Waals surface area contributed by atoms with Crippen LogP contribution >= 0.6 is 0 Å². The number of rotatable bonds is 1. The summed E-state index contributed by atoms with van der Waals surface area (Å²) in [7, 11) is 0. The van der Waals surface area contributed by atoms with Gasteiger partial charge >= 0.3 is 0 Å². The van der Waals surface area contributed by atoms with Crippen LogP contribution in [0.1, 0.15) is 0 Å². The molecule has 2 heteroatoms. The van der Waals surface area contributed by atoms with Gasteiger partial charge in [-0.15, -0.1) is 0 Å². The van der Waals surface area contributed by atoms with Gasteiger partial charge in [0.25, 0.3) is 0 Å². The van der Waals surface area contributed by atoms with Crippen molar-refractivity contribution >= 4 is 10.8 Å². The van der Waals surface area contributed by atoms with Crippen LogP contribution in [0.3, 0.4) is 0 Å². The van der Waals surface area contributed by atoms with Gasteiger partial charge in [-0.3, -0.25) is 0 Å². The van der Waals surface area contributed by atoms with E-state index in [1.807, 2.05) is 42.5 Å². The minimum atomic E-state index is -0.559. The Hall–Kier alpha value is -2.22. The predicted molar refractivity (Wildman–Crippen MR) is 69.3 cm³/mol. The molecule has 0 aromatic heterocycles. The van der Waals surface area contributed by atoms with Crippen molar-refractivity contribution in [3.8, 4) is 11.1 Å². The minimum Gasteiger partial charge on any atom is -0.207 e. The van der Waals surface area contributed by atoms with E-state index < -0.39 is 11.6 Å². The average molecular weight is 240 g/mol. The molecule has 0 saturated heterocycles. The Morgan fingerprint density at radius 1 is 0.667 bits per heavy atom. The molecule has 3 aromatic carbocycles. The van der Waals surface area contributed by atoms with E-state index in [1.165, 1.54) is 12.1 Å². The number of hydrogen-bond donors (Lipinski definition) is 0. The summed E-state index contributed by atoms with van der Waals surface area (Å²) in [6, 6.07) is 17.1. The lowest BCUT2D eigenvalue weighted by molar-refractivity contribution is 0.585. The third-order valence-electron chi connectivity index (χ3n) is 3.01. The van der Waals surface area contributed by atoms with E-state index >= 15 is 0 Å². The van der Waals surface area contributed by atoms with Gasteiger partial charge in [-0.05, 0) is 28.5 Å². The van der Waals surface area contributed by atoms with E-state index in [-0.39, 0.29) is 0 Å². The minimum absolute atomic E-state index is 0.424. The molecular formula is C16H10F2. The number of benzene rings is 3. The molecule has 0 aliphatic heterocycles. The second kappa shape index (κ2) is 4.22. The lowest BCUT2D eigenvalue weighted by Gasteiger charge is -2.07. The highest BCUT2D eigenvalue weighted by atomic mass is 19.1. The van der Waals surface area contributed by atoms with Gasteiger partial charge in [0.15, 0.2) is 0 Å².